The summed E-state index contributed by atoms with van der Waals surface area (Å²) in [5, 5.41) is 8.86. The fraction of sp³-hybridized carbons (Fsp3) is 0.133. The number of nitrogen functional groups attached to an aromatic ring is 1. The third-order valence-electron chi connectivity index (χ3n) is 2.99. The van der Waals surface area contributed by atoms with E-state index in [0.717, 1.165) is 5.56 Å². The van der Waals surface area contributed by atoms with Crippen LogP contribution in [0.5, 0.6) is 0 Å². The second-order valence-electron chi connectivity index (χ2n) is 4.47. The Hall–Kier alpha value is -2.06. The Morgan fingerprint density at radius 1 is 1.25 bits per heavy atom. The molecule has 5 heteroatoms. The standard InChI is InChI=1S/C15H13BrFN3/c1-20(9-10-2-5-12(19)6-3-10)13-7-4-11(8-18)14(16)15(13)17/h2-7H,9,19H2,1H3. The van der Waals surface area contributed by atoms with E-state index in [0.29, 0.717) is 17.9 Å². The molecular weight excluding hydrogens is 321 g/mol. The van der Waals surface area contributed by atoms with Gasteiger partial charge in [0.1, 0.15) is 6.07 Å². The number of halogens is 2. The number of nitrogens with zero attached hydrogens (tertiary/aromatic N) is 2. The first kappa shape index (κ1) is 14.4. The Kier molecular flexibility index (Phi) is 4.26. The van der Waals surface area contributed by atoms with E-state index in [9.17, 15) is 4.39 Å². The molecule has 0 bridgehead atoms. The summed E-state index contributed by atoms with van der Waals surface area (Å²) in [5.41, 5.74) is 8.08. The summed E-state index contributed by atoms with van der Waals surface area (Å²) in [4.78, 5) is 1.78. The summed E-state index contributed by atoms with van der Waals surface area (Å²) in [5.74, 6) is -0.429. The van der Waals surface area contributed by atoms with Crippen LogP contribution in [0.25, 0.3) is 0 Å². The average molecular weight is 334 g/mol. The molecule has 2 rings (SSSR count). The van der Waals surface area contributed by atoms with Gasteiger partial charge in [-0.25, -0.2) is 4.39 Å². The molecule has 0 unspecified atom stereocenters. The first-order valence-corrected chi connectivity index (χ1v) is 6.76. The van der Waals surface area contributed by atoms with E-state index in [1.54, 1.807) is 24.1 Å². The van der Waals surface area contributed by atoms with Gasteiger partial charge in [0.2, 0.25) is 0 Å². The predicted octanol–water partition coefficient (Wildman–Crippen LogP) is 3.68. The van der Waals surface area contributed by atoms with E-state index in [4.69, 9.17) is 11.0 Å². The van der Waals surface area contributed by atoms with Crippen LogP contribution < -0.4 is 10.6 Å². The molecule has 0 aromatic heterocycles. The van der Waals surface area contributed by atoms with Crippen molar-refractivity contribution in [3.05, 3.63) is 57.8 Å². The van der Waals surface area contributed by atoms with Crippen molar-refractivity contribution in [2.45, 2.75) is 6.54 Å². The zero-order chi connectivity index (χ0) is 14.7. The fourth-order valence-electron chi connectivity index (χ4n) is 1.90. The molecule has 0 saturated carbocycles. The Morgan fingerprint density at radius 2 is 1.90 bits per heavy atom. The number of anilines is 2. The summed E-state index contributed by atoms with van der Waals surface area (Å²) in [6, 6.07) is 12.6. The van der Waals surface area contributed by atoms with Crippen molar-refractivity contribution < 1.29 is 4.39 Å². The molecule has 2 aromatic carbocycles. The van der Waals surface area contributed by atoms with Gasteiger partial charge in [-0.15, -0.1) is 0 Å². The minimum Gasteiger partial charge on any atom is -0.399 e. The summed E-state index contributed by atoms with van der Waals surface area (Å²) in [6.07, 6.45) is 0. The minimum atomic E-state index is -0.429. The van der Waals surface area contributed by atoms with Crippen LogP contribution in [-0.4, -0.2) is 7.05 Å². The Bertz CT molecular complexity index is 662. The first-order chi connectivity index (χ1) is 9.52. The predicted molar refractivity (Wildman–Crippen MR) is 81.8 cm³/mol. The van der Waals surface area contributed by atoms with Crippen molar-refractivity contribution in [2.75, 3.05) is 17.7 Å². The molecule has 20 heavy (non-hydrogen) atoms. The van der Waals surface area contributed by atoms with Gasteiger partial charge in [0.05, 0.1) is 15.7 Å². The molecule has 102 valence electrons. The van der Waals surface area contributed by atoms with Crippen molar-refractivity contribution in [3.63, 3.8) is 0 Å². The van der Waals surface area contributed by atoms with E-state index in [1.165, 1.54) is 0 Å². The second-order valence-corrected chi connectivity index (χ2v) is 5.26. The molecule has 0 atom stereocenters. The van der Waals surface area contributed by atoms with Crippen LogP contribution >= 0.6 is 15.9 Å². The molecule has 0 fully saturated rings. The highest BCUT2D eigenvalue weighted by Crippen LogP contribution is 2.29. The van der Waals surface area contributed by atoms with Crippen molar-refractivity contribution in [1.82, 2.24) is 0 Å². The summed E-state index contributed by atoms with van der Waals surface area (Å²) < 4.78 is 14.4. The van der Waals surface area contributed by atoms with Crippen molar-refractivity contribution in [1.29, 1.82) is 5.26 Å². The van der Waals surface area contributed by atoms with Gasteiger partial charge in [0, 0.05) is 19.3 Å². The van der Waals surface area contributed by atoms with Gasteiger partial charge in [0.25, 0.3) is 0 Å². The maximum atomic E-state index is 14.2. The van der Waals surface area contributed by atoms with Crippen LogP contribution in [0.4, 0.5) is 15.8 Å². The van der Waals surface area contributed by atoms with Crippen molar-refractivity contribution in [3.8, 4) is 6.07 Å². The Morgan fingerprint density at radius 3 is 2.50 bits per heavy atom. The smallest absolute Gasteiger partial charge is 0.161 e. The number of nitrogens with two attached hydrogens (primary N) is 1. The number of hydrogen-bond acceptors (Lipinski definition) is 3. The van der Waals surface area contributed by atoms with Crippen LogP contribution in [0.1, 0.15) is 11.1 Å². The van der Waals surface area contributed by atoms with Gasteiger partial charge in [-0.3, -0.25) is 0 Å². The number of hydrogen-bond donors (Lipinski definition) is 1. The Balaban J connectivity index is 2.26. The van der Waals surface area contributed by atoms with E-state index in [2.05, 4.69) is 15.9 Å². The zero-order valence-electron chi connectivity index (χ0n) is 10.9. The lowest BCUT2D eigenvalue weighted by molar-refractivity contribution is 0.615. The van der Waals surface area contributed by atoms with E-state index in [1.807, 2.05) is 30.3 Å². The molecule has 2 aromatic rings. The van der Waals surface area contributed by atoms with Crippen LogP contribution in [0.15, 0.2) is 40.9 Å². The monoisotopic (exact) mass is 333 g/mol. The molecule has 0 aliphatic rings. The SMILES string of the molecule is CN(Cc1ccc(N)cc1)c1ccc(C#N)c(Br)c1F. The maximum Gasteiger partial charge on any atom is 0.161 e. The number of nitriles is 1. The molecule has 0 radical (unpaired) electrons. The topological polar surface area (TPSA) is 53.0 Å². The van der Waals surface area contributed by atoms with Gasteiger partial charge in [-0.2, -0.15) is 5.26 Å². The normalized spacial score (nSPS) is 10.1. The van der Waals surface area contributed by atoms with Crippen molar-refractivity contribution >= 4 is 27.3 Å². The van der Waals surface area contributed by atoms with Crippen molar-refractivity contribution in [2.24, 2.45) is 0 Å². The maximum absolute atomic E-state index is 14.2. The van der Waals surface area contributed by atoms with Crippen LogP contribution in [0, 0.1) is 17.1 Å². The largest absolute Gasteiger partial charge is 0.399 e. The molecule has 0 saturated heterocycles. The molecule has 0 heterocycles. The molecule has 0 amide bonds. The summed E-state index contributed by atoms with van der Waals surface area (Å²) >= 11 is 3.11. The lowest BCUT2D eigenvalue weighted by atomic mass is 10.1. The van der Waals surface area contributed by atoms with E-state index < -0.39 is 5.82 Å². The first-order valence-electron chi connectivity index (χ1n) is 5.96. The number of rotatable bonds is 3. The third kappa shape index (κ3) is 2.91. The third-order valence-corrected chi connectivity index (χ3v) is 3.77. The average Bonchev–Trinajstić information content (AvgIpc) is 2.44. The highest BCUT2D eigenvalue weighted by Gasteiger charge is 2.14. The molecular formula is C15H13BrFN3. The molecule has 0 aliphatic carbocycles. The highest BCUT2D eigenvalue weighted by atomic mass is 79.9. The zero-order valence-corrected chi connectivity index (χ0v) is 12.5. The van der Waals surface area contributed by atoms with Gasteiger partial charge >= 0.3 is 0 Å². The molecule has 2 N–H and O–H groups in total. The second kappa shape index (κ2) is 5.93. The van der Waals surface area contributed by atoms with Crippen LogP contribution in [0.3, 0.4) is 0 Å². The molecule has 3 nitrogen and oxygen atoms in total. The van der Waals surface area contributed by atoms with E-state index >= 15 is 0 Å². The number of benzene rings is 2. The van der Waals surface area contributed by atoms with Crippen LogP contribution in [-0.2, 0) is 6.54 Å². The van der Waals surface area contributed by atoms with Gasteiger partial charge in [0.15, 0.2) is 5.82 Å². The Labute approximate surface area is 125 Å². The molecule has 0 spiro atoms. The van der Waals surface area contributed by atoms with Gasteiger partial charge in [-0.1, -0.05) is 12.1 Å². The summed E-state index contributed by atoms with van der Waals surface area (Å²) in [6.45, 7) is 0.551. The summed E-state index contributed by atoms with van der Waals surface area (Å²) in [7, 11) is 1.80. The lowest BCUT2D eigenvalue weighted by Crippen LogP contribution is -2.18. The molecule has 0 aliphatic heterocycles. The lowest BCUT2D eigenvalue weighted by Gasteiger charge is -2.21. The van der Waals surface area contributed by atoms with Crippen LogP contribution in [0.2, 0.25) is 0 Å². The fourth-order valence-corrected chi connectivity index (χ4v) is 2.33. The van der Waals surface area contributed by atoms with Gasteiger partial charge < -0.3 is 10.6 Å². The minimum absolute atomic E-state index is 0.196. The van der Waals surface area contributed by atoms with E-state index in [-0.39, 0.29) is 10.0 Å². The quantitative estimate of drug-likeness (QED) is 0.871. The highest BCUT2D eigenvalue weighted by molar-refractivity contribution is 9.10. The van der Waals surface area contributed by atoms with Gasteiger partial charge in [-0.05, 0) is 45.8 Å².